The fourth-order valence-corrected chi connectivity index (χ4v) is 2.38. The van der Waals surface area contributed by atoms with E-state index in [1.807, 2.05) is 0 Å². The Bertz CT molecular complexity index is 514. The van der Waals surface area contributed by atoms with Gasteiger partial charge >= 0.3 is 5.97 Å². The van der Waals surface area contributed by atoms with E-state index < -0.39 is 29.9 Å². The Labute approximate surface area is 132 Å². The van der Waals surface area contributed by atoms with Gasteiger partial charge in [0.15, 0.2) is 0 Å². The van der Waals surface area contributed by atoms with E-state index in [-0.39, 0.29) is 36.4 Å². The van der Waals surface area contributed by atoms with Crippen molar-refractivity contribution in [3.63, 3.8) is 0 Å². The number of hydrogen-bond acceptors (Lipinski definition) is 3. The number of rotatable bonds is 8. The van der Waals surface area contributed by atoms with Gasteiger partial charge in [-0.3, -0.25) is 4.79 Å². The predicted molar refractivity (Wildman–Crippen MR) is 78.3 cm³/mol. The molecule has 0 spiro atoms. The number of esters is 1. The highest BCUT2D eigenvalue weighted by atomic mass is 35.5. The minimum absolute atomic E-state index is 0.0264. The molecule has 1 rings (SSSR count). The molecule has 22 heavy (non-hydrogen) atoms. The first-order valence-corrected chi connectivity index (χ1v) is 7.45. The number of hydrogen-bond donors (Lipinski definition) is 1. The minimum atomic E-state index is -1.65. The van der Waals surface area contributed by atoms with Crippen LogP contribution >= 0.6 is 11.6 Å². The maximum Gasteiger partial charge on any atom is 0.308 e. The molecule has 0 aliphatic carbocycles. The first-order valence-electron chi connectivity index (χ1n) is 7.07. The Morgan fingerprint density at radius 3 is 2.55 bits per heavy atom. The number of halogens is 4. The highest BCUT2D eigenvalue weighted by Gasteiger charge is 2.22. The van der Waals surface area contributed by atoms with Gasteiger partial charge in [0, 0.05) is 24.3 Å². The van der Waals surface area contributed by atoms with Gasteiger partial charge in [-0.25, -0.2) is 13.2 Å². The van der Waals surface area contributed by atoms with Gasteiger partial charge in [-0.05, 0) is 31.5 Å². The summed E-state index contributed by atoms with van der Waals surface area (Å²) in [5.41, 5.74) is 5.49. The van der Waals surface area contributed by atoms with E-state index in [4.69, 9.17) is 17.3 Å². The summed E-state index contributed by atoms with van der Waals surface area (Å²) in [4.78, 5) is 11.5. The number of nitrogens with two attached hydrogens (primary N) is 1. The molecule has 0 aliphatic heterocycles. The molecule has 124 valence electrons. The molecule has 0 amide bonds. The summed E-state index contributed by atoms with van der Waals surface area (Å²) in [5.74, 6) is -2.84. The third kappa shape index (κ3) is 5.18. The lowest BCUT2D eigenvalue weighted by Crippen LogP contribution is -2.18. The van der Waals surface area contributed by atoms with Gasteiger partial charge in [-0.15, -0.1) is 0 Å². The highest BCUT2D eigenvalue weighted by Crippen LogP contribution is 2.32. The third-order valence-corrected chi connectivity index (χ3v) is 3.63. The molecular weight excluding hydrogens is 319 g/mol. The van der Waals surface area contributed by atoms with Gasteiger partial charge in [-0.2, -0.15) is 0 Å². The van der Waals surface area contributed by atoms with Crippen molar-refractivity contribution >= 4 is 17.6 Å². The van der Waals surface area contributed by atoms with Crippen molar-refractivity contribution in [1.82, 2.24) is 0 Å². The summed E-state index contributed by atoms with van der Waals surface area (Å²) < 4.78 is 45.0. The zero-order valence-electron chi connectivity index (χ0n) is 12.3. The average Bonchev–Trinajstić information content (AvgIpc) is 2.46. The van der Waals surface area contributed by atoms with Crippen molar-refractivity contribution in [3.05, 3.63) is 34.4 Å². The molecule has 3 nitrogen and oxygen atoms in total. The zero-order chi connectivity index (χ0) is 16.7. The minimum Gasteiger partial charge on any atom is -0.431 e. The second-order valence-corrected chi connectivity index (χ2v) is 5.29. The molecule has 0 aliphatic rings. The third-order valence-electron chi connectivity index (χ3n) is 3.24. The van der Waals surface area contributed by atoms with Crippen molar-refractivity contribution < 1.29 is 22.7 Å². The van der Waals surface area contributed by atoms with Gasteiger partial charge in [-0.1, -0.05) is 18.5 Å². The molecule has 0 aromatic heterocycles. The molecule has 1 aromatic carbocycles. The van der Waals surface area contributed by atoms with Crippen molar-refractivity contribution in [2.24, 2.45) is 5.73 Å². The van der Waals surface area contributed by atoms with E-state index >= 15 is 0 Å². The van der Waals surface area contributed by atoms with E-state index in [0.717, 1.165) is 12.1 Å². The van der Waals surface area contributed by atoms with Gasteiger partial charge in [0.2, 0.25) is 6.36 Å². The van der Waals surface area contributed by atoms with Gasteiger partial charge in [0.1, 0.15) is 11.6 Å². The number of alkyl halides is 1. The molecule has 2 atom stereocenters. The highest BCUT2D eigenvalue weighted by molar-refractivity contribution is 6.31. The van der Waals surface area contributed by atoms with Crippen LogP contribution < -0.4 is 5.73 Å². The lowest BCUT2D eigenvalue weighted by Gasteiger charge is -2.18. The van der Waals surface area contributed by atoms with Crippen LogP contribution in [0.3, 0.4) is 0 Å². The second kappa shape index (κ2) is 9.00. The first-order chi connectivity index (χ1) is 10.4. The lowest BCUT2D eigenvalue weighted by molar-refractivity contribution is -0.158. The summed E-state index contributed by atoms with van der Waals surface area (Å²) in [6.07, 6.45) is -1.05. The van der Waals surface area contributed by atoms with Gasteiger partial charge in [0.25, 0.3) is 0 Å². The molecule has 0 heterocycles. The number of carbonyl (C=O) groups excluding carboxylic acids is 1. The van der Waals surface area contributed by atoms with Crippen molar-refractivity contribution in [2.45, 2.75) is 44.9 Å². The average molecular weight is 338 g/mol. The number of ether oxygens (including phenoxy) is 1. The first kappa shape index (κ1) is 18.8. The van der Waals surface area contributed by atoms with Gasteiger partial charge in [0.05, 0.1) is 5.02 Å². The Morgan fingerprint density at radius 1 is 1.32 bits per heavy atom. The van der Waals surface area contributed by atoms with Crippen LogP contribution in [0.2, 0.25) is 5.02 Å². The zero-order valence-corrected chi connectivity index (χ0v) is 13.0. The Balaban J connectivity index is 2.71. The van der Waals surface area contributed by atoms with Crippen molar-refractivity contribution in [2.75, 3.05) is 6.54 Å². The molecule has 2 unspecified atom stereocenters. The summed E-state index contributed by atoms with van der Waals surface area (Å²) in [5, 5.41) is -0.349. The molecule has 2 N–H and O–H groups in total. The fourth-order valence-electron chi connectivity index (χ4n) is 2.08. The number of carbonyl (C=O) groups is 1. The molecule has 7 heteroatoms. The van der Waals surface area contributed by atoms with E-state index in [0.29, 0.717) is 6.42 Å². The molecule has 1 aromatic rings. The van der Waals surface area contributed by atoms with E-state index in [2.05, 4.69) is 4.74 Å². The second-order valence-electron chi connectivity index (χ2n) is 4.92. The summed E-state index contributed by atoms with van der Waals surface area (Å²) in [6, 6.07) is 1.87. The smallest absolute Gasteiger partial charge is 0.308 e. The van der Waals surface area contributed by atoms with Crippen LogP contribution in [-0.2, 0) is 9.53 Å². The van der Waals surface area contributed by atoms with Gasteiger partial charge < -0.3 is 10.5 Å². The monoisotopic (exact) mass is 337 g/mol. The summed E-state index contributed by atoms with van der Waals surface area (Å²) >= 11 is 5.77. The van der Waals surface area contributed by atoms with Crippen LogP contribution in [0, 0.1) is 11.6 Å². The summed E-state index contributed by atoms with van der Waals surface area (Å²) in [7, 11) is 0. The standard InChI is InChI=1S/C15H19ClF3NO2/c1-2-3-12(19)22-13(21)7-4-9(8-20)14-10(17)5-6-11(18)15(14)16/h5-6,9,12H,2-4,7-8,20H2,1H3. The largest absolute Gasteiger partial charge is 0.431 e. The predicted octanol–water partition coefficient (Wildman–Crippen LogP) is 4.08. The van der Waals surface area contributed by atoms with E-state index in [9.17, 15) is 18.0 Å². The number of benzene rings is 1. The Kier molecular flexibility index (Phi) is 7.68. The fraction of sp³-hybridized carbons (Fsp3) is 0.533. The maximum absolute atomic E-state index is 13.8. The molecule has 0 bridgehead atoms. The lowest BCUT2D eigenvalue weighted by atomic mass is 9.93. The molecule has 0 saturated heterocycles. The van der Waals surface area contributed by atoms with Crippen LogP contribution in [0.1, 0.15) is 44.1 Å². The Hall–Kier alpha value is -1.27. The SMILES string of the molecule is CCCC(F)OC(=O)CCC(CN)c1c(F)ccc(F)c1Cl. The van der Waals surface area contributed by atoms with E-state index in [1.165, 1.54) is 0 Å². The van der Waals surface area contributed by atoms with Crippen LogP contribution in [0.5, 0.6) is 0 Å². The molecular formula is C15H19ClF3NO2. The molecule has 0 fully saturated rings. The van der Waals surface area contributed by atoms with Crippen LogP contribution in [0.25, 0.3) is 0 Å². The molecule has 0 saturated carbocycles. The normalized spacial score (nSPS) is 13.7. The maximum atomic E-state index is 13.8. The quantitative estimate of drug-likeness (QED) is 0.574. The topological polar surface area (TPSA) is 52.3 Å². The van der Waals surface area contributed by atoms with Crippen LogP contribution in [0.4, 0.5) is 13.2 Å². The van der Waals surface area contributed by atoms with E-state index in [1.54, 1.807) is 6.92 Å². The van der Waals surface area contributed by atoms with Crippen molar-refractivity contribution in [1.29, 1.82) is 0 Å². The van der Waals surface area contributed by atoms with Crippen LogP contribution in [0.15, 0.2) is 12.1 Å². The summed E-state index contributed by atoms with van der Waals surface area (Å²) in [6.45, 7) is 1.74. The van der Waals surface area contributed by atoms with Crippen molar-refractivity contribution in [3.8, 4) is 0 Å². The van der Waals surface area contributed by atoms with Crippen LogP contribution in [-0.4, -0.2) is 18.9 Å². The Morgan fingerprint density at radius 2 is 1.95 bits per heavy atom. The molecule has 0 radical (unpaired) electrons.